The molecule has 0 aliphatic rings. The Morgan fingerprint density at radius 1 is 1.15 bits per heavy atom. The Morgan fingerprint density at radius 2 is 1.81 bits per heavy atom. The van der Waals surface area contributed by atoms with E-state index in [1.807, 2.05) is 38.9 Å². The Bertz CT molecular complexity index is 769. The van der Waals surface area contributed by atoms with Crippen LogP contribution < -0.4 is 5.32 Å². The Hall–Kier alpha value is -2.05. The first-order valence-corrected chi connectivity index (χ1v) is 9.38. The van der Waals surface area contributed by atoms with Crippen LogP contribution >= 0.6 is 11.3 Å². The number of halogens is 1. The fraction of sp³-hybridized carbons (Fsp3) is 0.400. The van der Waals surface area contributed by atoms with Crippen molar-refractivity contribution in [2.24, 2.45) is 0 Å². The number of likely N-dealkylation sites (N-methyl/N-ethyl adjacent to an activating group) is 1. The largest absolute Gasteiger partial charge is 0.354 e. The minimum Gasteiger partial charge on any atom is -0.354 e. The van der Waals surface area contributed by atoms with Crippen LogP contribution in [0.25, 0.3) is 0 Å². The molecule has 1 amide bonds. The summed E-state index contributed by atoms with van der Waals surface area (Å²) in [6.07, 6.45) is 0.364. The van der Waals surface area contributed by atoms with E-state index in [-0.39, 0.29) is 36.4 Å². The molecule has 0 saturated heterocycles. The molecule has 0 aliphatic heterocycles. The average molecular weight is 376 g/mol. The van der Waals surface area contributed by atoms with Crippen LogP contribution in [0.15, 0.2) is 30.3 Å². The van der Waals surface area contributed by atoms with Crippen molar-refractivity contribution < 1.29 is 14.0 Å². The van der Waals surface area contributed by atoms with Crippen molar-refractivity contribution in [1.29, 1.82) is 0 Å². The van der Waals surface area contributed by atoms with Gasteiger partial charge in [0, 0.05) is 34.7 Å². The van der Waals surface area contributed by atoms with Gasteiger partial charge in [0.15, 0.2) is 5.78 Å². The summed E-state index contributed by atoms with van der Waals surface area (Å²) >= 11 is 1.59. The fourth-order valence-electron chi connectivity index (χ4n) is 2.85. The summed E-state index contributed by atoms with van der Waals surface area (Å²) in [7, 11) is 3.82. The molecule has 1 atom stereocenters. The zero-order chi connectivity index (χ0) is 19.3. The molecular weight excluding hydrogens is 351 g/mol. The Morgan fingerprint density at radius 3 is 2.35 bits per heavy atom. The van der Waals surface area contributed by atoms with Gasteiger partial charge in [0.05, 0.1) is 6.04 Å². The second-order valence-corrected chi connectivity index (χ2v) is 8.05. The van der Waals surface area contributed by atoms with E-state index in [0.717, 1.165) is 20.9 Å². The van der Waals surface area contributed by atoms with Crippen molar-refractivity contribution in [3.05, 3.63) is 57.0 Å². The molecule has 140 valence electrons. The summed E-state index contributed by atoms with van der Waals surface area (Å²) in [6.45, 7) is 4.30. The molecule has 1 aromatic heterocycles. The van der Waals surface area contributed by atoms with Gasteiger partial charge in [-0.1, -0.05) is 12.1 Å². The van der Waals surface area contributed by atoms with E-state index in [4.69, 9.17) is 0 Å². The Labute approximate surface area is 158 Å². The van der Waals surface area contributed by atoms with Gasteiger partial charge < -0.3 is 10.2 Å². The van der Waals surface area contributed by atoms with Crippen molar-refractivity contribution in [3.63, 3.8) is 0 Å². The van der Waals surface area contributed by atoms with Gasteiger partial charge in [0.25, 0.3) is 0 Å². The van der Waals surface area contributed by atoms with E-state index in [1.54, 1.807) is 23.5 Å². The van der Waals surface area contributed by atoms with Gasteiger partial charge >= 0.3 is 0 Å². The number of nitrogens with one attached hydrogen (secondary N) is 1. The molecule has 1 N–H and O–H groups in total. The van der Waals surface area contributed by atoms with Crippen molar-refractivity contribution in [2.45, 2.75) is 32.7 Å². The quantitative estimate of drug-likeness (QED) is 0.711. The molecule has 0 aliphatic carbocycles. The van der Waals surface area contributed by atoms with Gasteiger partial charge in [-0.05, 0) is 51.7 Å². The number of carbonyl (C=O) groups excluding carboxylic acids is 2. The van der Waals surface area contributed by atoms with Gasteiger partial charge in [-0.2, -0.15) is 0 Å². The normalized spacial score (nSPS) is 12.2. The molecule has 1 heterocycles. The number of rotatable bonds is 8. The molecule has 0 saturated carbocycles. The zero-order valence-electron chi connectivity index (χ0n) is 15.6. The van der Waals surface area contributed by atoms with Gasteiger partial charge in [-0.25, -0.2) is 4.39 Å². The molecule has 4 nitrogen and oxygen atoms in total. The molecule has 0 spiro atoms. The Kier molecular flexibility index (Phi) is 7.06. The van der Waals surface area contributed by atoms with Crippen LogP contribution in [0.1, 0.15) is 44.6 Å². The van der Waals surface area contributed by atoms with Gasteiger partial charge in [-0.3, -0.25) is 9.59 Å². The number of hydrogen-bond donors (Lipinski definition) is 1. The standard InChI is InChI=1S/C20H25FN2O2S/c1-13-11-17(14(2)26-13)19(24)9-10-20(25)22-12-18(23(3)4)15-5-7-16(21)8-6-15/h5-8,11,18H,9-10,12H2,1-4H3,(H,22,25). The summed E-state index contributed by atoms with van der Waals surface area (Å²) in [5.74, 6) is -0.436. The fourth-order valence-corrected chi connectivity index (χ4v) is 3.79. The smallest absolute Gasteiger partial charge is 0.220 e. The predicted molar refractivity (Wildman–Crippen MR) is 103 cm³/mol. The lowest BCUT2D eigenvalue weighted by atomic mass is 10.1. The molecule has 26 heavy (non-hydrogen) atoms. The number of carbonyl (C=O) groups is 2. The molecular formula is C20H25FN2O2S. The highest BCUT2D eigenvalue weighted by Crippen LogP contribution is 2.22. The van der Waals surface area contributed by atoms with E-state index in [2.05, 4.69) is 5.32 Å². The number of Topliss-reactive ketones (excluding diaryl/α,β-unsaturated/α-hetero) is 1. The number of ketones is 1. The summed E-state index contributed by atoms with van der Waals surface area (Å²) in [6, 6.07) is 8.10. The van der Waals surface area contributed by atoms with E-state index in [0.29, 0.717) is 6.54 Å². The van der Waals surface area contributed by atoms with E-state index < -0.39 is 0 Å². The highest BCUT2D eigenvalue weighted by Gasteiger charge is 2.17. The number of benzene rings is 1. The van der Waals surface area contributed by atoms with Crippen LogP contribution in [0.3, 0.4) is 0 Å². The molecule has 0 radical (unpaired) electrons. The van der Waals surface area contributed by atoms with Crippen molar-refractivity contribution in [1.82, 2.24) is 10.2 Å². The number of hydrogen-bond acceptors (Lipinski definition) is 4. The first-order valence-electron chi connectivity index (χ1n) is 8.56. The second kappa shape index (κ2) is 9.05. The first-order chi connectivity index (χ1) is 12.3. The molecule has 0 bridgehead atoms. The van der Waals surface area contributed by atoms with Crippen LogP contribution in [-0.2, 0) is 4.79 Å². The maximum Gasteiger partial charge on any atom is 0.220 e. The van der Waals surface area contributed by atoms with Gasteiger partial charge in [0.2, 0.25) is 5.91 Å². The number of nitrogens with zero attached hydrogens (tertiary/aromatic N) is 1. The third kappa shape index (κ3) is 5.47. The first kappa shape index (κ1) is 20.3. The predicted octanol–water partition coefficient (Wildman–Crippen LogP) is 3.89. The summed E-state index contributed by atoms with van der Waals surface area (Å²) < 4.78 is 13.1. The third-order valence-electron chi connectivity index (χ3n) is 4.29. The number of amides is 1. The van der Waals surface area contributed by atoms with Crippen LogP contribution in [0.4, 0.5) is 4.39 Å². The summed E-state index contributed by atoms with van der Waals surface area (Å²) in [4.78, 5) is 28.5. The Balaban J connectivity index is 1.87. The topological polar surface area (TPSA) is 49.4 Å². The maximum absolute atomic E-state index is 13.1. The van der Waals surface area contributed by atoms with Gasteiger partial charge in [0.1, 0.15) is 5.82 Å². The van der Waals surface area contributed by atoms with E-state index in [1.165, 1.54) is 12.1 Å². The van der Waals surface area contributed by atoms with Crippen LogP contribution in [0.5, 0.6) is 0 Å². The van der Waals surface area contributed by atoms with Crippen LogP contribution in [0, 0.1) is 19.7 Å². The van der Waals surface area contributed by atoms with Gasteiger partial charge in [-0.15, -0.1) is 11.3 Å². The van der Waals surface area contributed by atoms with E-state index in [9.17, 15) is 14.0 Å². The molecule has 1 unspecified atom stereocenters. The minimum absolute atomic E-state index is 0.00435. The lowest BCUT2D eigenvalue weighted by Crippen LogP contribution is -2.34. The summed E-state index contributed by atoms with van der Waals surface area (Å²) in [5.41, 5.74) is 1.65. The number of thiophene rings is 1. The zero-order valence-corrected chi connectivity index (χ0v) is 16.5. The van der Waals surface area contributed by atoms with Crippen molar-refractivity contribution in [2.75, 3.05) is 20.6 Å². The number of aryl methyl sites for hydroxylation is 2. The minimum atomic E-state index is -0.284. The highest BCUT2D eigenvalue weighted by molar-refractivity contribution is 7.12. The van der Waals surface area contributed by atoms with E-state index >= 15 is 0 Å². The molecule has 1 aromatic carbocycles. The molecule has 0 fully saturated rings. The molecule has 6 heteroatoms. The lowest BCUT2D eigenvalue weighted by molar-refractivity contribution is -0.121. The van der Waals surface area contributed by atoms with Crippen LogP contribution in [0.2, 0.25) is 0 Å². The monoisotopic (exact) mass is 376 g/mol. The van der Waals surface area contributed by atoms with Crippen molar-refractivity contribution >= 4 is 23.0 Å². The van der Waals surface area contributed by atoms with Crippen molar-refractivity contribution in [3.8, 4) is 0 Å². The SMILES string of the molecule is Cc1cc(C(=O)CCC(=O)NCC(c2ccc(F)cc2)N(C)C)c(C)s1. The molecule has 2 rings (SSSR count). The second-order valence-electron chi connectivity index (χ2n) is 6.59. The third-order valence-corrected chi connectivity index (χ3v) is 5.26. The maximum atomic E-state index is 13.1. The lowest BCUT2D eigenvalue weighted by Gasteiger charge is -2.25. The summed E-state index contributed by atoms with van der Waals surface area (Å²) in [5, 5.41) is 2.88. The molecule has 2 aromatic rings. The highest BCUT2D eigenvalue weighted by atomic mass is 32.1. The average Bonchev–Trinajstić information content (AvgIpc) is 2.92. The van der Waals surface area contributed by atoms with Crippen LogP contribution in [-0.4, -0.2) is 37.2 Å².